The molecule has 3 aromatic rings. The minimum Gasteiger partial charge on any atom is -0.489 e. The Bertz CT molecular complexity index is 1150. The molecule has 0 spiro atoms. The molecule has 0 unspecified atom stereocenters. The lowest BCUT2D eigenvalue weighted by atomic mass is 10.0. The van der Waals surface area contributed by atoms with E-state index in [1.165, 1.54) is 24.3 Å². The second-order valence-electron chi connectivity index (χ2n) is 7.60. The second-order valence-corrected chi connectivity index (χ2v) is 7.60. The third kappa shape index (κ3) is 4.38. The van der Waals surface area contributed by atoms with Gasteiger partial charge in [0.2, 0.25) is 0 Å². The van der Waals surface area contributed by atoms with E-state index in [-0.39, 0.29) is 17.4 Å². The average Bonchev–Trinajstić information content (AvgIpc) is 3.12. The zero-order valence-electron chi connectivity index (χ0n) is 17.7. The van der Waals surface area contributed by atoms with Gasteiger partial charge < -0.3 is 29.3 Å². The SMILES string of the molecule is CC(C)Oc1cc2c(C(=O)OC(N)=O)c(-c3ccc(F)cc3)oc2cc1N1CCOCC1. The van der Waals surface area contributed by atoms with Crippen molar-refractivity contribution in [2.24, 2.45) is 5.73 Å². The van der Waals surface area contributed by atoms with Crippen LogP contribution in [0.2, 0.25) is 0 Å². The highest BCUT2D eigenvalue weighted by Gasteiger charge is 2.28. The third-order valence-electron chi connectivity index (χ3n) is 4.99. The van der Waals surface area contributed by atoms with Gasteiger partial charge in [-0.25, -0.2) is 14.0 Å². The van der Waals surface area contributed by atoms with Crippen LogP contribution in [-0.2, 0) is 9.47 Å². The highest BCUT2D eigenvalue weighted by atomic mass is 19.1. The van der Waals surface area contributed by atoms with Crippen molar-refractivity contribution in [2.45, 2.75) is 20.0 Å². The monoisotopic (exact) mass is 442 g/mol. The first kappa shape index (κ1) is 21.6. The van der Waals surface area contributed by atoms with Crippen molar-refractivity contribution < 1.29 is 32.6 Å². The molecule has 2 N–H and O–H groups in total. The van der Waals surface area contributed by atoms with Crippen LogP contribution in [0.1, 0.15) is 24.2 Å². The number of amides is 1. The first-order chi connectivity index (χ1) is 15.3. The topological polar surface area (TPSA) is 104 Å². The molecule has 0 radical (unpaired) electrons. The van der Waals surface area contributed by atoms with Crippen LogP contribution in [0.15, 0.2) is 40.8 Å². The van der Waals surface area contributed by atoms with Crippen molar-refractivity contribution in [1.29, 1.82) is 0 Å². The van der Waals surface area contributed by atoms with Crippen molar-refractivity contribution >= 4 is 28.7 Å². The molecule has 1 saturated heterocycles. The van der Waals surface area contributed by atoms with E-state index in [1.807, 2.05) is 13.8 Å². The minimum atomic E-state index is -1.24. The number of carbonyl (C=O) groups is 2. The molecule has 0 aliphatic carbocycles. The Labute approximate surface area is 183 Å². The smallest absolute Gasteiger partial charge is 0.412 e. The second kappa shape index (κ2) is 8.88. The zero-order valence-corrected chi connectivity index (χ0v) is 17.7. The first-order valence-corrected chi connectivity index (χ1v) is 10.2. The van der Waals surface area contributed by atoms with Crippen molar-refractivity contribution in [1.82, 2.24) is 0 Å². The van der Waals surface area contributed by atoms with Crippen LogP contribution in [0.4, 0.5) is 14.9 Å². The fourth-order valence-electron chi connectivity index (χ4n) is 3.66. The van der Waals surface area contributed by atoms with Crippen molar-refractivity contribution in [3.8, 4) is 17.1 Å². The number of nitrogens with zero attached hydrogens (tertiary/aromatic N) is 1. The molecule has 168 valence electrons. The van der Waals surface area contributed by atoms with Crippen LogP contribution in [0.5, 0.6) is 5.75 Å². The number of esters is 1. The number of anilines is 1. The van der Waals surface area contributed by atoms with Crippen LogP contribution in [0.3, 0.4) is 0 Å². The van der Waals surface area contributed by atoms with Gasteiger partial charge in [0.15, 0.2) is 0 Å². The Balaban J connectivity index is 1.93. The molecule has 0 bridgehead atoms. The number of fused-ring (bicyclic) bond motifs is 1. The van der Waals surface area contributed by atoms with Crippen LogP contribution in [0, 0.1) is 5.82 Å². The lowest BCUT2D eigenvalue weighted by Crippen LogP contribution is -2.36. The maximum absolute atomic E-state index is 13.5. The Kier molecular flexibility index (Phi) is 6.00. The maximum atomic E-state index is 13.5. The summed E-state index contributed by atoms with van der Waals surface area (Å²) in [6.07, 6.45) is -1.37. The molecule has 8 nitrogen and oxygen atoms in total. The normalized spacial score (nSPS) is 14.1. The van der Waals surface area contributed by atoms with Crippen LogP contribution >= 0.6 is 0 Å². The summed E-state index contributed by atoms with van der Waals surface area (Å²) in [5.74, 6) is -0.714. The van der Waals surface area contributed by atoms with Gasteiger partial charge in [0.05, 0.1) is 25.0 Å². The number of rotatable bonds is 5. The van der Waals surface area contributed by atoms with Crippen molar-refractivity contribution in [2.75, 3.05) is 31.2 Å². The van der Waals surface area contributed by atoms with E-state index in [1.54, 1.807) is 12.1 Å². The molecule has 32 heavy (non-hydrogen) atoms. The molecule has 1 amide bonds. The van der Waals surface area contributed by atoms with Gasteiger partial charge in [0.25, 0.3) is 0 Å². The molecular weight excluding hydrogens is 419 g/mol. The fourth-order valence-corrected chi connectivity index (χ4v) is 3.66. The summed E-state index contributed by atoms with van der Waals surface area (Å²) < 4.78 is 35.6. The molecule has 0 saturated carbocycles. The molecule has 1 fully saturated rings. The predicted octanol–water partition coefficient (Wildman–Crippen LogP) is 4.10. The molecule has 2 aromatic carbocycles. The maximum Gasteiger partial charge on any atom is 0.412 e. The zero-order chi connectivity index (χ0) is 22.8. The summed E-state index contributed by atoms with van der Waals surface area (Å²) in [6.45, 7) is 6.29. The quantitative estimate of drug-likeness (QED) is 0.469. The number of ether oxygens (including phenoxy) is 3. The Morgan fingerprint density at radius 3 is 2.44 bits per heavy atom. The number of hydrogen-bond donors (Lipinski definition) is 1. The first-order valence-electron chi connectivity index (χ1n) is 10.2. The highest BCUT2D eigenvalue weighted by molar-refractivity contribution is 6.12. The third-order valence-corrected chi connectivity index (χ3v) is 4.99. The summed E-state index contributed by atoms with van der Waals surface area (Å²) in [4.78, 5) is 26.2. The van der Waals surface area contributed by atoms with Gasteiger partial charge in [-0.3, -0.25) is 0 Å². The minimum absolute atomic E-state index is 0.00698. The molecule has 9 heteroatoms. The van der Waals surface area contributed by atoms with Crippen LogP contribution in [-0.4, -0.2) is 44.5 Å². The summed E-state index contributed by atoms with van der Waals surface area (Å²) in [5, 5.41) is 0.392. The van der Waals surface area contributed by atoms with E-state index in [0.717, 1.165) is 5.69 Å². The van der Waals surface area contributed by atoms with Gasteiger partial charge in [0, 0.05) is 30.1 Å². The molecule has 0 atom stereocenters. The van der Waals surface area contributed by atoms with E-state index >= 15 is 0 Å². The number of carbonyl (C=O) groups excluding carboxylic acids is 2. The number of furan rings is 1. The molecule has 2 heterocycles. The van der Waals surface area contributed by atoms with Gasteiger partial charge in [-0.15, -0.1) is 0 Å². The van der Waals surface area contributed by atoms with Crippen molar-refractivity contribution in [3.63, 3.8) is 0 Å². The van der Waals surface area contributed by atoms with E-state index in [0.29, 0.717) is 48.6 Å². The molecule has 1 aliphatic rings. The van der Waals surface area contributed by atoms with Gasteiger partial charge in [0.1, 0.15) is 28.5 Å². The van der Waals surface area contributed by atoms with Crippen LogP contribution in [0.25, 0.3) is 22.3 Å². The largest absolute Gasteiger partial charge is 0.489 e. The number of primary amides is 1. The Hall–Kier alpha value is -3.59. The van der Waals surface area contributed by atoms with E-state index in [4.69, 9.17) is 19.6 Å². The van der Waals surface area contributed by atoms with Gasteiger partial charge in [-0.1, -0.05) is 0 Å². The predicted molar refractivity (Wildman–Crippen MR) is 115 cm³/mol. The summed E-state index contributed by atoms with van der Waals surface area (Å²) in [6, 6.07) is 8.92. The lowest BCUT2D eigenvalue weighted by Gasteiger charge is -2.30. The Morgan fingerprint density at radius 2 is 1.81 bits per heavy atom. The molecule has 1 aliphatic heterocycles. The van der Waals surface area contributed by atoms with E-state index < -0.39 is 17.9 Å². The standard InChI is InChI=1S/C23H23FN2O6/c1-13(2)30-19-11-16-18(12-17(19)26-7-9-29-10-8-26)31-21(14-3-5-15(24)6-4-14)20(16)22(27)32-23(25)28/h3-6,11-13H,7-10H2,1-2H3,(H2,25,28). The van der Waals surface area contributed by atoms with Gasteiger partial charge in [-0.2, -0.15) is 0 Å². The van der Waals surface area contributed by atoms with Crippen LogP contribution < -0.4 is 15.4 Å². The Morgan fingerprint density at radius 1 is 1.12 bits per heavy atom. The summed E-state index contributed by atoms with van der Waals surface area (Å²) in [7, 11) is 0. The number of hydrogen-bond acceptors (Lipinski definition) is 7. The number of nitrogens with two attached hydrogens (primary N) is 1. The number of benzene rings is 2. The number of morpholine rings is 1. The summed E-state index contributed by atoms with van der Waals surface area (Å²) >= 11 is 0. The highest BCUT2D eigenvalue weighted by Crippen LogP contribution is 2.41. The van der Waals surface area contributed by atoms with Gasteiger partial charge >= 0.3 is 12.1 Å². The lowest BCUT2D eigenvalue weighted by molar-refractivity contribution is 0.0640. The van der Waals surface area contributed by atoms with Gasteiger partial charge in [-0.05, 0) is 44.2 Å². The molecule has 1 aromatic heterocycles. The van der Waals surface area contributed by atoms with Crippen molar-refractivity contribution in [3.05, 3.63) is 47.8 Å². The van der Waals surface area contributed by atoms with E-state index in [2.05, 4.69) is 9.64 Å². The molecular formula is C23H23FN2O6. The fraction of sp³-hybridized carbons (Fsp3) is 0.304. The average molecular weight is 442 g/mol. The summed E-state index contributed by atoms with van der Waals surface area (Å²) in [5.41, 5.74) is 6.70. The molecule has 4 rings (SSSR count). The number of halogens is 1. The van der Waals surface area contributed by atoms with E-state index in [9.17, 15) is 14.0 Å².